The van der Waals surface area contributed by atoms with Crippen LogP contribution in [0.3, 0.4) is 0 Å². The van der Waals surface area contributed by atoms with Gasteiger partial charge in [0.15, 0.2) is 0 Å². The lowest BCUT2D eigenvalue weighted by Crippen LogP contribution is -2.38. The van der Waals surface area contributed by atoms with Gasteiger partial charge in [0.05, 0.1) is 0 Å². The molecule has 26 heavy (non-hydrogen) atoms. The molecule has 1 aliphatic rings. The van der Waals surface area contributed by atoms with Crippen LogP contribution >= 0.6 is 0 Å². The third kappa shape index (κ3) is 5.19. The molecule has 0 bridgehead atoms. The molecule has 2 amide bonds. The summed E-state index contributed by atoms with van der Waals surface area (Å²) in [6, 6.07) is 19.0. The molecule has 2 aromatic carbocycles. The molecule has 1 saturated carbocycles. The van der Waals surface area contributed by atoms with E-state index in [4.69, 9.17) is 0 Å². The van der Waals surface area contributed by atoms with Crippen LogP contribution in [0.5, 0.6) is 0 Å². The maximum atomic E-state index is 12.2. The van der Waals surface area contributed by atoms with E-state index in [2.05, 4.69) is 10.6 Å². The lowest BCUT2D eigenvalue weighted by Gasteiger charge is -2.29. The van der Waals surface area contributed by atoms with Gasteiger partial charge in [-0.1, -0.05) is 36.4 Å². The van der Waals surface area contributed by atoms with Crippen molar-refractivity contribution in [2.24, 2.45) is 5.92 Å². The highest BCUT2D eigenvalue weighted by molar-refractivity contribution is 5.94. The summed E-state index contributed by atoms with van der Waals surface area (Å²) in [6.07, 6.45) is 5.21. The predicted octanol–water partition coefficient (Wildman–Crippen LogP) is 3.80. The van der Waals surface area contributed by atoms with Crippen LogP contribution in [0.2, 0.25) is 0 Å². The summed E-state index contributed by atoms with van der Waals surface area (Å²) in [5, 5.41) is 6.15. The Morgan fingerprint density at radius 2 is 1.31 bits per heavy atom. The lowest BCUT2D eigenvalue weighted by molar-refractivity contribution is 0.0913. The van der Waals surface area contributed by atoms with E-state index < -0.39 is 0 Å². The molecule has 0 aromatic heterocycles. The summed E-state index contributed by atoms with van der Waals surface area (Å²) in [5.74, 6) is 0.634. The highest BCUT2D eigenvalue weighted by Crippen LogP contribution is 2.26. The van der Waals surface area contributed by atoms with Crippen LogP contribution in [0.25, 0.3) is 0 Å². The van der Waals surface area contributed by atoms with Crippen LogP contribution < -0.4 is 10.6 Å². The van der Waals surface area contributed by atoms with E-state index in [0.29, 0.717) is 18.0 Å². The minimum atomic E-state index is -0.00518. The molecule has 0 spiro atoms. The molecule has 0 unspecified atom stereocenters. The van der Waals surface area contributed by atoms with Gasteiger partial charge < -0.3 is 10.6 Å². The topological polar surface area (TPSA) is 58.2 Å². The first kappa shape index (κ1) is 18.2. The quantitative estimate of drug-likeness (QED) is 0.833. The summed E-state index contributed by atoms with van der Waals surface area (Å²) < 4.78 is 0. The molecule has 2 aromatic rings. The SMILES string of the molecule is O=C(NCCC1CCC(NC(=O)c2ccccc2)CC1)c1ccccc1. The van der Waals surface area contributed by atoms with Crippen molar-refractivity contribution in [1.82, 2.24) is 10.6 Å². The zero-order valence-corrected chi connectivity index (χ0v) is 15.0. The number of nitrogens with one attached hydrogen (secondary N) is 2. The van der Waals surface area contributed by atoms with Crippen LogP contribution in [0.4, 0.5) is 0 Å². The molecule has 1 aliphatic carbocycles. The molecule has 4 heteroatoms. The summed E-state index contributed by atoms with van der Waals surface area (Å²) in [5.41, 5.74) is 1.43. The summed E-state index contributed by atoms with van der Waals surface area (Å²) in [6.45, 7) is 0.708. The Morgan fingerprint density at radius 3 is 1.88 bits per heavy atom. The van der Waals surface area contributed by atoms with E-state index in [9.17, 15) is 9.59 Å². The molecule has 0 atom stereocenters. The van der Waals surface area contributed by atoms with Gasteiger partial charge in [0.25, 0.3) is 11.8 Å². The van der Waals surface area contributed by atoms with Crippen LogP contribution in [-0.4, -0.2) is 24.4 Å². The highest BCUT2D eigenvalue weighted by Gasteiger charge is 2.22. The van der Waals surface area contributed by atoms with Gasteiger partial charge in [-0.15, -0.1) is 0 Å². The van der Waals surface area contributed by atoms with Gasteiger partial charge in [-0.25, -0.2) is 0 Å². The van der Waals surface area contributed by atoms with Crippen molar-refractivity contribution >= 4 is 11.8 Å². The minimum absolute atomic E-state index is 0.00518. The molecule has 0 aliphatic heterocycles. The van der Waals surface area contributed by atoms with E-state index in [1.54, 1.807) is 0 Å². The van der Waals surface area contributed by atoms with Crippen LogP contribution in [0.1, 0.15) is 52.8 Å². The van der Waals surface area contributed by atoms with E-state index in [1.807, 2.05) is 60.7 Å². The first-order chi connectivity index (χ1) is 12.7. The number of carbonyl (C=O) groups is 2. The second-order valence-corrected chi connectivity index (χ2v) is 6.97. The van der Waals surface area contributed by atoms with Gasteiger partial charge in [0.2, 0.25) is 0 Å². The van der Waals surface area contributed by atoms with Crippen LogP contribution in [0, 0.1) is 5.92 Å². The largest absolute Gasteiger partial charge is 0.352 e. The van der Waals surface area contributed by atoms with Crippen molar-refractivity contribution < 1.29 is 9.59 Å². The second-order valence-electron chi connectivity index (χ2n) is 6.97. The number of rotatable bonds is 6. The van der Waals surface area contributed by atoms with Gasteiger partial charge in [0, 0.05) is 23.7 Å². The molecule has 3 rings (SSSR count). The number of amides is 2. The number of carbonyl (C=O) groups excluding carboxylic acids is 2. The Balaban J connectivity index is 1.35. The first-order valence-electron chi connectivity index (χ1n) is 9.41. The third-order valence-corrected chi connectivity index (χ3v) is 5.09. The summed E-state index contributed by atoms with van der Waals surface area (Å²) in [7, 11) is 0. The summed E-state index contributed by atoms with van der Waals surface area (Å²) in [4.78, 5) is 24.3. The van der Waals surface area contributed by atoms with Gasteiger partial charge in [-0.05, 0) is 62.3 Å². The van der Waals surface area contributed by atoms with Crippen molar-refractivity contribution in [3.8, 4) is 0 Å². The Labute approximate surface area is 155 Å². The molecule has 4 nitrogen and oxygen atoms in total. The number of hydrogen-bond donors (Lipinski definition) is 2. The Morgan fingerprint density at radius 1 is 0.769 bits per heavy atom. The Kier molecular flexibility index (Phi) is 6.42. The van der Waals surface area contributed by atoms with E-state index in [-0.39, 0.29) is 17.9 Å². The average molecular weight is 350 g/mol. The molecular formula is C22H26N2O2. The van der Waals surface area contributed by atoms with Gasteiger partial charge in [-0.3, -0.25) is 9.59 Å². The molecule has 0 saturated heterocycles. The molecule has 0 heterocycles. The molecule has 0 radical (unpaired) electrons. The molecule has 2 N–H and O–H groups in total. The van der Waals surface area contributed by atoms with Crippen molar-refractivity contribution in [2.75, 3.05) is 6.54 Å². The average Bonchev–Trinajstić information content (AvgIpc) is 2.70. The fraction of sp³-hybridized carbons (Fsp3) is 0.364. The normalized spacial score (nSPS) is 19.5. The van der Waals surface area contributed by atoms with E-state index >= 15 is 0 Å². The van der Waals surface area contributed by atoms with Gasteiger partial charge >= 0.3 is 0 Å². The van der Waals surface area contributed by atoms with Crippen molar-refractivity contribution in [1.29, 1.82) is 0 Å². The first-order valence-corrected chi connectivity index (χ1v) is 9.41. The van der Waals surface area contributed by atoms with Gasteiger partial charge in [-0.2, -0.15) is 0 Å². The van der Waals surface area contributed by atoms with Crippen molar-refractivity contribution in [2.45, 2.75) is 38.1 Å². The summed E-state index contributed by atoms with van der Waals surface area (Å²) >= 11 is 0. The zero-order valence-electron chi connectivity index (χ0n) is 15.0. The second kappa shape index (κ2) is 9.18. The molecular weight excluding hydrogens is 324 g/mol. The van der Waals surface area contributed by atoms with Crippen LogP contribution in [-0.2, 0) is 0 Å². The molecule has 136 valence electrons. The van der Waals surface area contributed by atoms with Crippen molar-refractivity contribution in [3.05, 3.63) is 71.8 Å². The van der Waals surface area contributed by atoms with E-state index in [1.165, 1.54) is 0 Å². The third-order valence-electron chi connectivity index (χ3n) is 5.09. The highest BCUT2D eigenvalue weighted by atomic mass is 16.2. The lowest BCUT2D eigenvalue weighted by atomic mass is 9.84. The fourth-order valence-electron chi connectivity index (χ4n) is 3.54. The van der Waals surface area contributed by atoms with Crippen LogP contribution in [0.15, 0.2) is 60.7 Å². The van der Waals surface area contributed by atoms with E-state index in [0.717, 1.165) is 37.7 Å². The molecule has 1 fully saturated rings. The van der Waals surface area contributed by atoms with Gasteiger partial charge in [0.1, 0.15) is 0 Å². The smallest absolute Gasteiger partial charge is 0.251 e. The number of benzene rings is 2. The minimum Gasteiger partial charge on any atom is -0.352 e. The zero-order chi connectivity index (χ0) is 18.2. The maximum absolute atomic E-state index is 12.2. The Hall–Kier alpha value is -2.62. The van der Waals surface area contributed by atoms with Crippen molar-refractivity contribution in [3.63, 3.8) is 0 Å². The predicted molar refractivity (Wildman–Crippen MR) is 103 cm³/mol. The number of hydrogen-bond acceptors (Lipinski definition) is 2. The Bertz CT molecular complexity index is 707. The fourth-order valence-corrected chi connectivity index (χ4v) is 3.54. The monoisotopic (exact) mass is 350 g/mol. The maximum Gasteiger partial charge on any atom is 0.251 e. The standard InChI is InChI=1S/C22H26N2O2/c25-21(18-7-3-1-4-8-18)23-16-15-17-11-13-20(14-12-17)24-22(26)19-9-5-2-6-10-19/h1-10,17,20H,11-16H2,(H,23,25)(H,24,26).